The first-order valence-corrected chi connectivity index (χ1v) is 3.86. The Morgan fingerprint density at radius 2 is 2.00 bits per heavy atom. The SMILES string of the molecule is OB(O)c1sc(Cl)nc1Cl. The molecule has 0 fully saturated rings. The molecule has 7 heteroatoms. The molecule has 0 aliphatic carbocycles. The summed E-state index contributed by atoms with van der Waals surface area (Å²) in [4.78, 5) is 3.56. The Hall–Kier alpha value is 0.195. The molecule has 0 unspecified atom stereocenters. The van der Waals surface area contributed by atoms with Crippen LogP contribution < -0.4 is 4.78 Å². The number of nitrogens with zero attached hydrogens (tertiary/aromatic N) is 1. The monoisotopic (exact) mass is 197 g/mol. The third kappa shape index (κ3) is 1.62. The largest absolute Gasteiger partial charge is 0.502 e. The molecule has 2 N–H and O–H groups in total. The zero-order valence-electron chi connectivity index (χ0n) is 4.58. The van der Waals surface area contributed by atoms with Crippen molar-refractivity contribution in [1.82, 2.24) is 4.98 Å². The van der Waals surface area contributed by atoms with Crippen molar-refractivity contribution in [2.75, 3.05) is 0 Å². The van der Waals surface area contributed by atoms with Crippen molar-refractivity contribution in [2.24, 2.45) is 0 Å². The van der Waals surface area contributed by atoms with Crippen LogP contribution in [-0.4, -0.2) is 22.2 Å². The normalized spacial score (nSPS) is 10.0. The zero-order valence-corrected chi connectivity index (χ0v) is 6.91. The van der Waals surface area contributed by atoms with Crippen LogP contribution in [0.5, 0.6) is 0 Å². The summed E-state index contributed by atoms with van der Waals surface area (Å²) in [6.07, 6.45) is 0. The molecular weight excluding hydrogens is 196 g/mol. The lowest BCUT2D eigenvalue weighted by Gasteiger charge is -1.89. The van der Waals surface area contributed by atoms with E-state index < -0.39 is 7.12 Å². The molecule has 0 amide bonds. The van der Waals surface area contributed by atoms with Gasteiger partial charge in [-0.25, -0.2) is 4.98 Å². The van der Waals surface area contributed by atoms with Crippen molar-refractivity contribution >= 4 is 46.4 Å². The average molecular weight is 198 g/mol. The molecule has 0 atom stereocenters. The summed E-state index contributed by atoms with van der Waals surface area (Å²) >= 11 is 11.8. The fourth-order valence-electron chi connectivity index (χ4n) is 0.447. The van der Waals surface area contributed by atoms with Gasteiger partial charge in [-0.15, -0.1) is 11.3 Å². The molecule has 0 saturated carbocycles. The quantitative estimate of drug-likeness (QED) is 0.630. The second kappa shape index (κ2) is 3.06. The third-order valence-corrected chi connectivity index (χ3v) is 2.42. The van der Waals surface area contributed by atoms with Crippen LogP contribution in [0.2, 0.25) is 9.62 Å². The van der Waals surface area contributed by atoms with Gasteiger partial charge >= 0.3 is 7.12 Å². The molecule has 0 aromatic carbocycles. The minimum Gasteiger partial charge on any atom is -0.423 e. The average Bonchev–Trinajstić information content (AvgIpc) is 2.10. The van der Waals surface area contributed by atoms with Gasteiger partial charge in [0.25, 0.3) is 0 Å². The van der Waals surface area contributed by atoms with E-state index in [1.807, 2.05) is 0 Å². The lowest BCUT2D eigenvalue weighted by molar-refractivity contribution is 0.427. The highest BCUT2D eigenvalue weighted by atomic mass is 35.5. The lowest BCUT2D eigenvalue weighted by Crippen LogP contribution is -2.27. The maximum atomic E-state index is 8.60. The van der Waals surface area contributed by atoms with Gasteiger partial charge in [-0.3, -0.25) is 0 Å². The van der Waals surface area contributed by atoms with E-state index in [9.17, 15) is 0 Å². The molecule has 0 radical (unpaired) electrons. The molecule has 1 aromatic heterocycles. The standard InChI is InChI=1S/C3H2BCl2NO2S/c5-2-1(4(8)9)10-3(6)7-2/h8-9H. The van der Waals surface area contributed by atoms with Gasteiger partial charge in [-0.1, -0.05) is 23.2 Å². The molecule has 0 aliphatic heterocycles. The molecular formula is C3H2BCl2NO2S. The molecule has 1 heterocycles. The smallest absolute Gasteiger partial charge is 0.423 e. The fraction of sp³-hybridized carbons (Fsp3) is 0. The van der Waals surface area contributed by atoms with Gasteiger partial charge in [-0.2, -0.15) is 0 Å². The van der Waals surface area contributed by atoms with Crippen LogP contribution in [0.25, 0.3) is 0 Å². The number of aromatic nitrogens is 1. The number of hydrogen-bond donors (Lipinski definition) is 2. The minimum absolute atomic E-state index is 0.0463. The Labute approximate surface area is 71.4 Å². The first-order valence-electron chi connectivity index (χ1n) is 2.29. The number of rotatable bonds is 1. The van der Waals surface area contributed by atoms with E-state index in [4.69, 9.17) is 33.2 Å². The van der Waals surface area contributed by atoms with Crippen LogP contribution in [-0.2, 0) is 0 Å². The van der Waals surface area contributed by atoms with Crippen LogP contribution >= 0.6 is 34.5 Å². The molecule has 10 heavy (non-hydrogen) atoms. The second-order valence-corrected chi connectivity index (χ2v) is 3.47. The number of halogens is 2. The van der Waals surface area contributed by atoms with Crippen LogP contribution in [0.3, 0.4) is 0 Å². The fourth-order valence-corrected chi connectivity index (χ4v) is 1.73. The Bertz CT molecular complexity index is 240. The first-order chi connectivity index (χ1) is 4.61. The van der Waals surface area contributed by atoms with E-state index in [1.54, 1.807) is 0 Å². The third-order valence-electron chi connectivity index (χ3n) is 0.818. The predicted octanol–water partition coefficient (Wildman–Crippen LogP) is 0.130. The Balaban J connectivity index is 3.03. The Morgan fingerprint density at radius 1 is 1.40 bits per heavy atom. The molecule has 3 nitrogen and oxygen atoms in total. The highest BCUT2D eigenvalue weighted by Crippen LogP contribution is 2.16. The van der Waals surface area contributed by atoms with Crippen molar-refractivity contribution < 1.29 is 10.0 Å². The van der Waals surface area contributed by atoms with Gasteiger partial charge < -0.3 is 10.0 Å². The van der Waals surface area contributed by atoms with Crippen LogP contribution in [0.4, 0.5) is 0 Å². The number of hydrogen-bond acceptors (Lipinski definition) is 4. The summed E-state index contributed by atoms with van der Waals surface area (Å²) in [7, 11) is -1.59. The van der Waals surface area contributed by atoms with E-state index in [-0.39, 0.29) is 14.4 Å². The molecule has 1 rings (SSSR count). The summed E-state index contributed by atoms with van der Waals surface area (Å²) in [5.74, 6) is 0. The Kier molecular flexibility index (Phi) is 2.54. The highest BCUT2D eigenvalue weighted by Gasteiger charge is 2.19. The van der Waals surface area contributed by atoms with Crippen molar-refractivity contribution in [3.8, 4) is 0 Å². The highest BCUT2D eigenvalue weighted by molar-refractivity contribution is 7.25. The minimum atomic E-state index is -1.59. The van der Waals surface area contributed by atoms with Crippen molar-refractivity contribution in [2.45, 2.75) is 0 Å². The second-order valence-electron chi connectivity index (χ2n) is 1.50. The van der Waals surface area contributed by atoms with Gasteiger partial charge in [0.2, 0.25) is 0 Å². The van der Waals surface area contributed by atoms with E-state index in [1.165, 1.54) is 0 Å². The van der Waals surface area contributed by atoms with Crippen molar-refractivity contribution in [3.63, 3.8) is 0 Å². The summed E-state index contributed by atoms with van der Waals surface area (Å²) in [6.45, 7) is 0. The molecule has 0 aliphatic rings. The van der Waals surface area contributed by atoms with E-state index in [2.05, 4.69) is 4.98 Å². The van der Waals surface area contributed by atoms with Crippen LogP contribution in [0.1, 0.15) is 0 Å². The molecule has 0 bridgehead atoms. The maximum absolute atomic E-state index is 8.60. The summed E-state index contributed by atoms with van der Waals surface area (Å²) in [5.41, 5.74) is 0. The molecule has 1 aromatic rings. The van der Waals surface area contributed by atoms with Gasteiger partial charge in [-0.05, 0) is 0 Å². The zero-order chi connectivity index (χ0) is 7.72. The van der Waals surface area contributed by atoms with E-state index >= 15 is 0 Å². The van der Waals surface area contributed by atoms with Gasteiger partial charge in [0.15, 0.2) is 4.47 Å². The van der Waals surface area contributed by atoms with E-state index in [0.717, 1.165) is 11.3 Å². The lowest BCUT2D eigenvalue weighted by atomic mass is 9.90. The molecule has 0 saturated heterocycles. The van der Waals surface area contributed by atoms with Crippen molar-refractivity contribution in [1.29, 1.82) is 0 Å². The van der Waals surface area contributed by atoms with Crippen molar-refractivity contribution in [3.05, 3.63) is 9.62 Å². The predicted molar refractivity (Wildman–Crippen MR) is 42.0 cm³/mol. The molecule has 54 valence electrons. The van der Waals surface area contributed by atoms with Crippen LogP contribution in [0, 0.1) is 0 Å². The summed E-state index contributed by atoms with van der Waals surface area (Å²) < 4.78 is 0.375. The molecule has 0 spiro atoms. The topological polar surface area (TPSA) is 53.4 Å². The first kappa shape index (κ1) is 8.29. The van der Waals surface area contributed by atoms with Gasteiger partial charge in [0.1, 0.15) is 5.15 Å². The van der Waals surface area contributed by atoms with Gasteiger partial charge in [0, 0.05) is 0 Å². The van der Waals surface area contributed by atoms with Gasteiger partial charge in [0.05, 0.1) is 4.78 Å². The number of thiazole rings is 1. The summed E-state index contributed by atoms with van der Waals surface area (Å²) in [5, 5.41) is 17.2. The Morgan fingerprint density at radius 3 is 2.20 bits per heavy atom. The maximum Gasteiger partial charge on any atom is 0.502 e. The summed E-state index contributed by atoms with van der Waals surface area (Å²) in [6, 6.07) is 0. The van der Waals surface area contributed by atoms with E-state index in [0.29, 0.717) is 0 Å². The van der Waals surface area contributed by atoms with Crippen LogP contribution in [0.15, 0.2) is 0 Å².